The van der Waals surface area contributed by atoms with E-state index < -0.39 is 0 Å². The SMILES string of the molecule is CNC(Cc1cn(C)nn1)c1cc(C)ccn1. The van der Waals surface area contributed by atoms with Crippen LogP contribution in [0, 0.1) is 6.92 Å². The number of pyridine rings is 1. The molecule has 1 N–H and O–H groups in total. The molecular weight excluding hydrogens is 214 g/mol. The molecular formula is C12H17N5. The molecule has 1 atom stereocenters. The fourth-order valence-electron chi connectivity index (χ4n) is 1.80. The quantitative estimate of drug-likeness (QED) is 0.853. The van der Waals surface area contributed by atoms with Gasteiger partial charge in [-0.05, 0) is 31.7 Å². The molecule has 0 amide bonds. The Labute approximate surface area is 101 Å². The average Bonchev–Trinajstić information content (AvgIpc) is 2.72. The van der Waals surface area contributed by atoms with Crippen LogP contribution in [0.5, 0.6) is 0 Å². The average molecular weight is 231 g/mol. The van der Waals surface area contributed by atoms with Crippen LogP contribution >= 0.6 is 0 Å². The van der Waals surface area contributed by atoms with E-state index in [0.717, 1.165) is 17.8 Å². The van der Waals surface area contributed by atoms with E-state index in [1.54, 1.807) is 4.68 Å². The van der Waals surface area contributed by atoms with Gasteiger partial charge in [0.15, 0.2) is 0 Å². The van der Waals surface area contributed by atoms with E-state index in [1.807, 2.05) is 32.6 Å². The molecule has 0 aliphatic carbocycles. The van der Waals surface area contributed by atoms with E-state index >= 15 is 0 Å². The molecule has 1 unspecified atom stereocenters. The Balaban J connectivity index is 2.16. The maximum absolute atomic E-state index is 4.40. The van der Waals surface area contributed by atoms with Crippen LogP contribution in [0.4, 0.5) is 0 Å². The van der Waals surface area contributed by atoms with Crippen molar-refractivity contribution in [2.75, 3.05) is 7.05 Å². The molecule has 0 saturated carbocycles. The number of likely N-dealkylation sites (N-methyl/N-ethyl adjacent to an activating group) is 1. The monoisotopic (exact) mass is 231 g/mol. The summed E-state index contributed by atoms with van der Waals surface area (Å²) in [6, 6.07) is 4.27. The molecule has 0 aliphatic heterocycles. The standard InChI is InChI=1S/C12H17N5/c1-9-4-5-14-12(6-9)11(13-2)7-10-8-17(3)16-15-10/h4-6,8,11,13H,7H2,1-3H3. The Morgan fingerprint density at radius 2 is 2.29 bits per heavy atom. The Morgan fingerprint density at radius 1 is 1.47 bits per heavy atom. The summed E-state index contributed by atoms with van der Waals surface area (Å²) >= 11 is 0. The lowest BCUT2D eigenvalue weighted by Gasteiger charge is -2.14. The fraction of sp³-hybridized carbons (Fsp3) is 0.417. The maximum atomic E-state index is 4.40. The molecule has 5 nitrogen and oxygen atoms in total. The van der Waals surface area contributed by atoms with Gasteiger partial charge in [-0.1, -0.05) is 5.21 Å². The first-order valence-electron chi connectivity index (χ1n) is 5.64. The predicted molar refractivity (Wildman–Crippen MR) is 65.5 cm³/mol. The first-order chi connectivity index (χ1) is 8.19. The van der Waals surface area contributed by atoms with Gasteiger partial charge < -0.3 is 5.32 Å². The molecule has 0 saturated heterocycles. The van der Waals surface area contributed by atoms with E-state index in [1.165, 1.54) is 5.56 Å². The number of aryl methyl sites for hydroxylation is 2. The molecule has 0 aromatic carbocycles. The summed E-state index contributed by atoms with van der Waals surface area (Å²) in [5, 5.41) is 11.3. The van der Waals surface area contributed by atoms with Gasteiger partial charge >= 0.3 is 0 Å². The van der Waals surface area contributed by atoms with Crippen molar-refractivity contribution in [2.45, 2.75) is 19.4 Å². The van der Waals surface area contributed by atoms with Gasteiger partial charge in [-0.15, -0.1) is 5.10 Å². The van der Waals surface area contributed by atoms with Crippen molar-refractivity contribution in [2.24, 2.45) is 7.05 Å². The minimum Gasteiger partial charge on any atom is -0.311 e. The lowest BCUT2D eigenvalue weighted by Crippen LogP contribution is -2.20. The molecule has 2 aromatic rings. The highest BCUT2D eigenvalue weighted by Gasteiger charge is 2.13. The summed E-state index contributed by atoms with van der Waals surface area (Å²) in [5.74, 6) is 0. The van der Waals surface area contributed by atoms with Gasteiger partial charge in [0.05, 0.1) is 17.4 Å². The van der Waals surface area contributed by atoms with E-state index in [0.29, 0.717) is 0 Å². The molecule has 17 heavy (non-hydrogen) atoms. The number of nitrogens with one attached hydrogen (secondary N) is 1. The van der Waals surface area contributed by atoms with Crippen molar-refractivity contribution in [1.82, 2.24) is 25.3 Å². The summed E-state index contributed by atoms with van der Waals surface area (Å²) in [7, 11) is 3.81. The van der Waals surface area contributed by atoms with Crippen molar-refractivity contribution in [3.8, 4) is 0 Å². The van der Waals surface area contributed by atoms with Crippen LogP contribution in [0.2, 0.25) is 0 Å². The smallest absolute Gasteiger partial charge is 0.0846 e. The van der Waals surface area contributed by atoms with Gasteiger partial charge in [0.1, 0.15) is 0 Å². The maximum Gasteiger partial charge on any atom is 0.0846 e. The number of aromatic nitrogens is 4. The highest BCUT2D eigenvalue weighted by Crippen LogP contribution is 2.15. The molecule has 0 radical (unpaired) electrons. The molecule has 2 aromatic heterocycles. The van der Waals surface area contributed by atoms with Crippen molar-refractivity contribution in [3.63, 3.8) is 0 Å². The van der Waals surface area contributed by atoms with Crippen LogP contribution in [-0.2, 0) is 13.5 Å². The van der Waals surface area contributed by atoms with Crippen LogP contribution in [0.15, 0.2) is 24.5 Å². The van der Waals surface area contributed by atoms with Crippen molar-refractivity contribution in [1.29, 1.82) is 0 Å². The Morgan fingerprint density at radius 3 is 2.88 bits per heavy atom. The summed E-state index contributed by atoms with van der Waals surface area (Å²) in [4.78, 5) is 4.40. The summed E-state index contributed by atoms with van der Waals surface area (Å²) in [6.07, 6.45) is 4.56. The molecule has 0 spiro atoms. The highest BCUT2D eigenvalue weighted by atomic mass is 15.4. The molecule has 5 heteroatoms. The second kappa shape index (κ2) is 5.05. The second-order valence-corrected chi connectivity index (χ2v) is 4.19. The van der Waals surface area contributed by atoms with E-state index in [4.69, 9.17) is 0 Å². The third-order valence-electron chi connectivity index (χ3n) is 2.71. The van der Waals surface area contributed by atoms with Gasteiger partial charge in [0.25, 0.3) is 0 Å². The third kappa shape index (κ3) is 2.88. The lowest BCUT2D eigenvalue weighted by atomic mass is 10.1. The van der Waals surface area contributed by atoms with Crippen molar-refractivity contribution >= 4 is 0 Å². The fourth-order valence-corrected chi connectivity index (χ4v) is 1.80. The van der Waals surface area contributed by atoms with Crippen LogP contribution in [-0.4, -0.2) is 27.0 Å². The predicted octanol–water partition coefficient (Wildman–Crippen LogP) is 1.02. The Kier molecular flexibility index (Phi) is 3.49. The molecule has 0 bridgehead atoms. The minimum atomic E-state index is 0.173. The van der Waals surface area contributed by atoms with Gasteiger partial charge in [0.2, 0.25) is 0 Å². The number of rotatable bonds is 4. The topological polar surface area (TPSA) is 55.6 Å². The van der Waals surface area contributed by atoms with Gasteiger partial charge in [-0.25, -0.2) is 0 Å². The molecule has 0 aliphatic rings. The van der Waals surface area contributed by atoms with Gasteiger partial charge in [-0.2, -0.15) is 0 Å². The highest BCUT2D eigenvalue weighted by molar-refractivity contribution is 5.18. The van der Waals surface area contributed by atoms with E-state index in [2.05, 4.69) is 33.6 Å². The number of hydrogen-bond acceptors (Lipinski definition) is 4. The first-order valence-corrected chi connectivity index (χ1v) is 5.64. The van der Waals surface area contributed by atoms with Gasteiger partial charge in [-0.3, -0.25) is 9.67 Å². The number of hydrogen-bond donors (Lipinski definition) is 1. The van der Waals surface area contributed by atoms with Crippen molar-refractivity contribution in [3.05, 3.63) is 41.5 Å². The normalized spacial score (nSPS) is 12.6. The Hall–Kier alpha value is -1.75. The van der Waals surface area contributed by atoms with Crippen molar-refractivity contribution < 1.29 is 0 Å². The largest absolute Gasteiger partial charge is 0.311 e. The first kappa shape index (κ1) is 11.7. The Bertz CT molecular complexity index is 491. The molecule has 2 heterocycles. The molecule has 2 rings (SSSR count). The summed E-state index contributed by atoms with van der Waals surface area (Å²) in [5.41, 5.74) is 3.22. The zero-order chi connectivity index (χ0) is 12.3. The second-order valence-electron chi connectivity index (χ2n) is 4.19. The third-order valence-corrected chi connectivity index (χ3v) is 2.71. The zero-order valence-corrected chi connectivity index (χ0v) is 10.4. The van der Waals surface area contributed by atoms with Crippen LogP contribution in [0.25, 0.3) is 0 Å². The summed E-state index contributed by atoms with van der Waals surface area (Å²) < 4.78 is 1.71. The van der Waals surface area contributed by atoms with E-state index in [9.17, 15) is 0 Å². The zero-order valence-electron chi connectivity index (χ0n) is 10.4. The minimum absolute atomic E-state index is 0.173. The molecule has 90 valence electrons. The number of nitrogens with zero attached hydrogens (tertiary/aromatic N) is 4. The van der Waals surface area contributed by atoms with Crippen LogP contribution < -0.4 is 5.32 Å². The summed E-state index contributed by atoms with van der Waals surface area (Å²) in [6.45, 7) is 2.07. The van der Waals surface area contributed by atoms with Crippen LogP contribution in [0.1, 0.15) is 23.0 Å². The van der Waals surface area contributed by atoms with Gasteiger partial charge in [0, 0.05) is 25.9 Å². The molecule has 0 fully saturated rings. The van der Waals surface area contributed by atoms with Crippen LogP contribution in [0.3, 0.4) is 0 Å². The van der Waals surface area contributed by atoms with E-state index in [-0.39, 0.29) is 6.04 Å². The lowest BCUT2D eigenvalue weighted by molar-refractivity contribution is 0.567.